The van der Waals surface area contributed by atoms with Gasteiger partial charge in [0.1, 0.15) is 0 Å². The zero-order valence-corrected chi connectivity index (χ0v) is 8.84. The third-order valence-electron chi connectivity index (χ3n) is 3.34. The Hall–Kier alpha value is -0.530. The van der Waals surface area contributed by atoms with Crippen LogP contribution in [0, 0.1) is 23.2 Å². The number of hydrogen-bond donors (Lipinski definition) is 2. The molecule has 13 heavy (non-hydrogen) atoms. The van der Waals surface area contributed by atoms with Crippen LogP contribution in [0.15, 0.2) is 0 Å². The number of nitrogens with one attached hydrogen (secondary N) is 1. The zero-order valence-electron chi connectivity index (χ0n) is 8.84. The lowest BCUT2D eigenvalue weighted by Gasteiger charge is -2.30. The van der Waals surface area contributed by atoms with Crippen molar-refractivity contribution in [3.63, 3.8) is 0 Å². The molecule has 0 bridgehead atoms. The maximum absolute atomic E-state index is 7.24. The zero-order chi connectivity index (χ0) is 9.84. The van der Waals surface area contributed by atoms with Crippen molar-refractivity contribution < 1.29 is 0 Å². The monoisotopic (exact) mass is 182 g/mol. The maximum atomic E-state index is 7.24. The Balaban J connectivity index is 2.26. The summed E-state index contributed by atoms with van der Waals surface area (Å²) in [5, 5.41) is 7.24. The van der Waals surface area contributed by atoms with Gasteiger partial charge in [-0.05, 0) is 43.4 Å². The minimum absolute atomic E-state index is 0.369. The van der Waals surface area contributed by atoms with Gasteiger partial charge in [-0.3, -0.25) is 5.41 Å². The normalized spacial score (nSPS) is 29.2. The second-order valence-corrected chi connectivity index (χ2v) is 4.75. The Morgan fingerprint density at radius 2 is 1.85 bits per heavy atom. The molecule has 0 radical (unpaired) electrons. The highest BCUT2D eigenvalue weighted by molar-refractivity contribution is 5.77. The molecule has 2 nitrogen and oxygen atoms in total. The molecular weight excluding hydrogens is 160 g/mol. The van der Waals surface area contributed by atoms with E-state index >= 15 is 0 Å². The molecule has 1 fully saturated rings. The number of amidine groups is 1. The van der Waals surface area contributed by atoms with Gasteiger partial charge in [0, 0.05) is 6.42 Å². The predicted molar refractivity (Wildman–Crippen MR) is 56.8 cm³/mol. The van der Waals surface area contributed by atoms with Gasteiger partial charge in [0.15, 0.2) is 0 Å². The topological polar surface area (TPSA) is 49.9 Å². The summed E-state index contributed by atoms with van der Waals surface area (Å²) in [5.74, 6) is 2.82. The molecule has 2 heteroatoms. The van der Waals surface area contributed by atoms with Crippen molar-refractivity contribution in [1.29, 1.82) is 5.41 Å². The molecule has 0 aromatic rings. The first kappa shape index (κ1) is 10.6. The van der Waals surface area contributed by atoms with E-state index in [1.54, 1.807) is 0 Å². The first-order chi connectivity index (χ1) is 6.09. The Morgan fingerprint density at radius 1 is 1.31 bits per heavy atom. The van der Waals surface area contributed by atoms with Gasteiger partial charge in [0.2, 0.25) is 0 Å². The van der Waals surface area contributed by atoms with Gasteiger partial charge in [0.05, 0.1) is 5.84 Å². The van der Waals surface area contributed by atoms with Crippen molar-refractivity contribution in [2.75, 3.05) is 0 Å². The molecule has 0 unspecified atom stereocenters. The van der Waals surface area contributed by atoms with Gasteiger partial charge in [0.25, 0.3) is 0 Å². The van der Waals surface area contributed by atoms with Crippen molar-refractivity contribution in [3.05, 3.63) is 0 Å². The summed E-state index contributed by atoms with van der Waals surface area (Å²) in [4.78, 5) is 0. The van der Waals surface area contributed by atoms with Crippen molar-refractivity contribution in [1.82, 2.24) is 0 Å². The molecule has 76 valence electrons. The Bertz CT molecular complexity index is 167. The van der Waals surface area contributed by atoms with Crippen LogP contribution in [0.3, 0.4) is 0 Å². The van der Waals surface area contributed by atoms with Gasteiger partial charge >= 0.3 is 0 Å². The first-order valence-corrected chi connectivity index (χ1v) is 5.42. The fraction of sp³-hybridized carbons (Fsp3) is 0.909. The lowest BCUT2D eigenvalue weighted by atomic mass is 9.76. The fourth-order valence-electron chi connectivity index (χ4n) is 2.37. The third-order valence-corrected chi connectivity index (χ3v) is 3.34. The molecule has 0 saturated heterocycles. The van der Waals surface area contributed by atoms with Crippen molar-refractivity contribution in [3.8, 4) is 0 Å². The van der Waals surface area contributed by atoms with Gasteiger partial charge in [-0.1, -0.05) is 13.8 Å². The van der Waals surface area contributed by atoms with E-state index in [1.807, 2.05) is 0 Å². The summed E-state index contributed by atoms with van der Waals surface area (Å²) in [7, 11) is 0. The summed E-state index contributed by atoms with van der Waals surface area (Å²) in [6, 6.07) is 0. The average Bonchev–Trinajstić information content (AvgIpc) is 2.04. The fourth-order valence-corrected chi connectivity index (χ4v) is 2.37. The summed E-state index contributed by atoms with van der Waals surface area (Å²) in [6.45, 7) is 4.63. The molecule has 1 saturated carbocycles. The largest absolute Gasteiger partial charge is 0.388 e. The minimum Gasteiger partial charge on any atom is -0.388 e. The molecule has 0 amide bonds. The van der Waals surface area contributed by atoms with E-state index in [-0.39, 0.29) is 0 Å². The second-order valence-electron chi connectivity index (χ2n) is 4.75. The molecule has 0 atom stereocenters. The molecule has 0 heterocycles. The summed E-state index contributed by atoms with van der Waals surface area (Å²) < 4.78 is 0. The van der Waals surface area contributed by atoms with Crippen LogP contribution in [0.4, 0.5) is 0 Å². The summed E-state index contributed by atoms with van der Waals surface area (Å²) in [6.07, 6.45) is 6.07. The van der Waals surface area contributed by atoms with E-state index in [2.05, 4.69) is 13.8 Å². The van der Waals surface area contributed by atoms with Gasteiger partial charge < -0.3 is 5.73 Å². The average molecular weight is 182 g/mol. The Kier molecular flexibility index (Phi) is 3.76. The molecule has 0 spiro atoms. The smallest absolute Gasteiger partial charge is 0.0908 e. The molecule has 0 aromatic carbocycles. The first-order valence-electron chi connectivity index (χ1n) is 5.42. The van der Waals surface area contributed by atoms with E-state index in [9.17, 15) is 0 Å². The Morgan fingerprint density at radius 3 is 2.23 bits per heavy atom. The van der Waals surface area contributed by atoms with Crippen molar-refractivity contribution >= 4 is 5.84 Å². The minimum atomic E-state index is 0.369. The van der Waals surface area contributed by atoms with Crippen LogP contribution in [0.25, 0.3) is 0 Å². The van der Waals surface area contributed by atoms with Crippen LogP contribution >= 0.6 is 0 Å². The lowest BCUT2D eigenvalue weighted by Crippen LogP contribution is -2.22. The number of hydrogen-bond acceptors (Lipinski definition) is 1. The van der Waals surface area contributed by atoms with E-state index in [0.29, 0.717) is 11.8 Å². The summed E-state index contributed by atoms with van der Waals surface area (Å²) >= 11 is 0. The molecule has 1 aliphatic carbocycles. The Labute approximate surface area is 81.4 Å². The van der Waals surface area contributed by atoms with Crippen LogP contribution in [-0.2, 0) is 0 Å². The van der Waals surface area contributed by atoms with Crippen molar-refractivity contribution in [2.24, 2.45) is 23.5 Å². The highest BCUT2D eigenvalue weighted by atomic mass is 14.7. The van der Waals surface area contributed by atoms with E-state index < -0.39 is 0 Å². The van der Waals surface area contributed by atoms with Crippen LogP contribution in [0.5, 0.6) is 0 Å². The number of nitrogens with two attached hydrogens (primary N) is 1. The molecule has 0 aromatic heterocycles. The van der Waals surface area contributed by atoms with E-state index in [1.165, 1.54) is 25.7 Å². The van der Waals surface area contributed by atoms with E-state index in [4.69, 9.17) is 11.1 Å². The van der Waals surface area contributed by atoms with Crippen LogP contribution in [-0.4, -0.2) is 5.84 Å². The highest BCUT2D eigenvalue weighted by Crippen LogP contribution is 2.34. The second kappa shape index (κ2) is 4.64. The quantitative estimate of drug-likeness (QED) is 0.511. The molecular formula is C11H22N2. The molecule has 0 aliphatic heterocycles. The maximum Gasteiger partial charge on any atom is 0.0908 e. The lowest BCUT2D eigenvalue weighted by molar-refractivity contribution is 0.227. The molecule has 1 aliphatic rings. The van der Waals surface area contributed by atoms with Gasteiger partial charge in [-0.2, -0.15) is 0 Å². The van der Waals surface area contributed by atoms with Crippen LogP contribution < -0.4 is 5.73 Å². The van der Waals surface area contributed by atoms with Gasteiger partial charge in [-0.15, -0.1) is 0 Å². The SMILES string of the molecule is CC(C)C1CCC(CC(=N)N)CC1. The van der Waals surface area contributed by atoms with Crippen LogP contribution in [0.1, 0.15) is 46.0 Å². The van der Waals surface area contributed by atoms with E-state index in [0.717, 1.165) is 18.3 Å². The van der Waals surface area contributed by atoms with Gasteiger partial charge in [-0.25, -0.2) is 0 Å². The molecule has 1 rings (SSSR count). The standard InChI is InChI=1S/C11H22N2/c1-8(2)10-5-3-9(4-6-10)7-11(12)13/h8-10H,3-7H2,1-2H3,(H3,12,13). The third kappa shape index (κ3) is 3.37. The summed E-state index contributed by atoms with van der Waals surface area (Å²) in [5.41, 5.74) is 5.40. The molecule has 3 N–H and O–H groups in total. The number of rotatable bonds is 3. The van der Waals surface area contributed by atoms with Crippen molar-refractivity contribution in [2.45, 2.75) is 46.0 Å². The predicted octanol–water partition coefficient (Wildman–Crippen LogP) is 2.77. The van der Waals surface area contributed by atoms with Crippen LogP contribution in [0.2, 0.25) is 0 Å². The highest BCUT2D eigenvalue weighted by Gasteiger charge is 2.23.